The number of benzene rings is 1. The Balaban J connectivity index is 2.05. The van der Waals surface area contributed by atoms with Gasteiger partial charge >= 0.3 is 5.69 Å². The van der Waals surface area contributed by atoms with Gasteiger partial charge in [-0.3, -0.25) is 15.1 Å². The average molecular weight is 268 g/mol. The van der Waals surface area contributed by atoms with Crippen molar-refractivity contribution in [2.75, 3.05) is 0 Å². The number of pyridine rings is 1. The quantitative estimate of drug-likeness (QED) is 0.533. The minimum Gasteiger partial charge on any atom is -0.461 e. The van der Waals surface area contributed by atoms with Gasteiger partial charge in [-0.1, -0.05) is 24.3 Å². The van der Waals surface area contributed by atoms with E-state index in [1.54, 1.807) is 0 Å². The number of nitro groups is 1. The van der Waals surface area contributed by atoms with Gasteiger partial charge in [0.15, 0.2) is 5.76 Å². The summed E-state index contributed by atoms with van der Waals surface area (Å²) in [6, 6.07) is 13.0. The Kier molecular flexibility index (Phi) is 2.95. The molecule has 0 aliphatic carbocycles. The lowest BCUT2D eigenvalue weighted by Crippen LogP contribution is -2.01. The summed E-state index contributed by atoms with van der Waals surface area (Å²) in [5.41, 5.74) is 1.61. The van der Waals surface area contributed by atoms with Gasteiger partial charge in [0.05, 0.1) is 34.4 Å². The molecule has 20 heavy (non-hydrogen) atoms. The highest BCUT2D eigenvalue weighted by Gasteiger charge is 2.24. The smallest absolute Gasteiger partial charge is 0.311 e. The molecule has 3 rings (SSSR count). The van der Waals surface area contributed by atoms with Crippen molar-refractivity contribution in [3.63, 3.8) is 0 Å². The highest BCUT2D eigenvalue weighted by atomic mass is 16.6. The first-order chi connectivity index (χ1) is 9.66. The first kappa shape index (κ1) is 12.3. The van der Waals surface area contributed by atoms with Crippen LogP contribution in [0.4, 0.5) is 5.69 Å². The van der Waals surface area contributed by atoms with Crippen LogP contribution in [0.1, 0.15) is 24.3 Å². The maximum atomic E-state index is 11.0. The first-order valence-corrected chi connectivity index (χ1v) is 6.24. The Labute approximate surface area is 115 Å². The fraction of sp³-hybridized carbons (Fsp3) is 0.133. The molecule has 0 radical (unpaired) electrons. The zero-order valence-corrected chi connectivity index (χ0v) is 10.8. The minimum absolute atomic E-state index is 0.00698. The van der Waals surface area contributed by atoms with Crippen LogP contribution < -0.4 is 0 Å². The predicted octanol–water partition coefficient (Wildman–Crippen LogP) is 3.89. The minimum atomic E-state index is -0.434. The molecule has 0 fully saturated rings. The standard InChI is InChI=1S/C15H12N2O3/c1-10(15-14(17(18)19)8-9-20-15)12-7-6-11-4-2-3-5-13(11)16-12/h2-10H,1H3. The van der Waals surface area contributed by atoms with Gasteiger partial charge < -0.3 is 4.42 Å². The molecule has 5 heteroatoms. The Morgan fingerprint density at radius 3 is 2.80 bits per heavy atom. The molecule has 0 spiro atoms. The topological polar surface area (TPSA) is 69.2 Å². The molecule has 0 aliphatic rings. The summed E-state index contributed by atoms with van der Waals surface area (Å²) in [7, 11) is 0. The summed E-state index contributed by atoms with van der Waals surface area (Å²) in [6.45, 7) is 1.85. The Morgan fingerprint density at radius 2 is 2.00 bits per heavy atom. The van der Waals surface area contributed by atoms with Crippen molar-refractivity contribution >= 4 is 16.6 Å². The van der Waals surface area contributed by atoms with E-state index in [0.717, 1.165) is 16.6 Å². The van der Waals surface area contributed by atoms with Crippen LogP contribution in [0.25, 0.3) is 10.9 Å². The molecule has 0 saturated heterocycles. The Bertz CT molecular complexity index is 779. The summed E-state index contributed by atoms with van der Waals surface area (Å²) in [5.74, 6) is 0.0628. The maximum absolute atomic E-state index is 11.0. The monoisotopic (exact) mass is 268 g/mol. The number of furan rings is 1. The summed E-state index contributed by atoms with van der Waals surface area (Å²) in [4.78, 5) is 15.1. The molecule has 100 valence electrons. The molecule has 0 N–H and O–H groups in total. The van der Waals surface area contributed by atoms with Crippen molar-refractivity contribution in [3.8, 4) is 0 Å². The normalized spacial score (nSPS) is 12.4. The zero-order valence-electron chi connectivity index (χ0n) is 10.8. The van der Waals surface area contributed by atoms with Crippen LogP contribution in [0.2, 0.25) is 0 Å². The molecule has 0 saturated carbocycles. The summed E-state index contributed by atoms with van der Waals surface area (Å²) < 4.78 is 5.27. The first-order valence-electron chi connectivity index (χ1n) is 6.24. The molecule has 0 aliphatic heterocycles. The molecule has 1 aromatic carbocycles. The van der Waals surface area contributed by atoms with E-state index >= 15 is 0 Å². The summed E-state index contributed by atoms with van der Waals surface area (Å²) in [6.07, 6.45) is 1.34. The number of para-hydroxylation sites is 1. The second-order valence-corrected chi connectivity index (χ2v) is 4.58. The van der Waals surface area contributed by atoms with E-state index < -0.39 is 4.92 Å². The molecule has 5 nitrogen and oxygen atoms in total. The number of fused-ring (bicyclic) bond motifs is 1. The number of aromatic nitrogens is 1. The molecule has 2 aromatic heterocycles. The lowest BCUT2D eigenvalue weighted by molar-refractivity contribution is -0.386. The maximum Gasteiger partial charge on any atom is 0.311 e. The van der Waals surface area contributed by atoms with Gasteiger partial charge in [-0.05, 0) is 19.1 Å². The van der Waals surface area contributed by atoms with Crippen LogP contribution >= 0.6 is 0 Å². The number of hydrogen-bond acceptors (Lipinski definition) is 4. The second-order valence-electron chi connectivity index (χ2n) is 4.58. The average Bonchev–Trinajstić information content (AvgIpc) is 2.95. The lowest BCUT2D eigenvalue weighted by Gasteiger charge is -2.08. The van der Waals surface area contributed by atoms with Gasteiger partial charge in [-0.25, -0.2) is 0 Å². The van der Waals surface area contributed by atoms with Gasteiger partial charge in [-0.2, -0.15) is 0 Å². The highest BCUT2D eigenvalue weighted by Crippen LogP contribution is 2.32. The highest BCUT2D eigenvalue weighted by molar-refractivity contribution is 5.78. The molecular formula is C15H12N2O3. The van der Waals surface area contributed by atoms with Gasteiger partial charge in [0.2, 0.25) is 0 Å². The van der Waals surface area contributed by atoms with Crippen molar-refractivity contribution in [2.24, 2.45) is 0 Å². The van der Waals surface area contributed by atoms with E-state index in [1.165, 1.54) is 12.3 Å². The van der Waals surface area contributed by atoms with Crippen molar-refractivity contribution in [1.29, 1.82) is 0 Å². The molecule has 1 atom stereocenters. The van der Waals surface area contributed by atoms with Gasteiger partial charge in [0.1, 0.15) is 0 Å². The summed E-state index contributed by atoms with van der Waals surface area (Å²) in [5, 5.41) is 12.0. The fourth-order valence-electron chi connectivity index (χ4n) is 2.25. The van der Waals surface area contributed by atoms with Crippen molar-refractivity contribution in [2.45, 2.75) is 12.8 Å². The SMILES string of the molecule is CC(c1ccc2ccccc2n1)c1occc1[N+](=O)[O-]. The molecule has 1 unspecified atom stereocenters. The van der Waals surface area contributed by atoms with Crippen LogP contribution in [0.3, 0.4) is 0 Å². The number of hydrogen-bond donors (Lipinski definition) is 0. The fourth-order valence-corrected chi connectivity index (χ4v) is 2.25. The van der Waals surface area contributed by atoms with E-state index in [2.05, 4.69) is 4.98 Å². The van der Waals surface area contributed by atoms with E-state index in [1.807, 2.05) is 43.3 Å². The van der Waals surface area contributed by atoms with Crippen LogP contribution in [0, 0.1) is 10.1 Å². The number of rotatable bonds is 3. The van der Waals surface area contributed by atoms with Gasteiger partial charge in [0, 0.05) is 5.39 Å². The van der Waals surface area contributed by atoms with E-state index in [9.17, 15) is 10.1 Å². The van der Waals surface area contributed by atoms with E-state index in [0.29, 0.717) is 5.76 Å². The number of nitrogens with zero attached hydrogens (tertiary/aromatic N) is 2. The second kappa shape index (κ2) is 4.77. The predicted molar refractivity (Wildman–Crippen MR) is 74.6 cm³/mol. The summed E-state index contributed by atoms with van der Waals surface area (Å²) >= 11 is 0. The molecule has 0 bridgehead atoms. The molecule has 3 aromatic rings. The Morgan fingerprint density at radius 1 is 1.20 bits per heavy atom. The molecular weight excluding hydrogens is 256 g/mol. The Hall–Kier alpha value is -2.69. The van der Waals surface area contributed by atoms with E-state index in [4.69, 9.17) is 4.42 Å². The van der Waals surface area contributed by atoms with Crippen LogP contribution in [-0.4, -0.2) is 9.91 Å². The van der Waals surface area contributed by atoms with Crippen LogP contribution in [-0.2, 0) is 0 Å². The largest absolute Gasteiger partial charge is 0.461 e. The van der Waals surface area contributed by atoms with E-state index in [-0.39, 0.29) is 11.6 Å². The van der Waals surface area contributed by atoms with Crippen LogP contribution in [0.5, 0.6) is 0 Å². The third-order valence-electron chi connectivity index (χ3n) is 3.33. The van der Waals surface area contributed by atoms with Crippen molar-refractivity contribution in [1.82, 2.24) is 4.98 Å². The molecule has 2 heterocycles. The van der Waals surface area contributed by atoms with Gasteiger partial charge in [-0.15, -0.1) is 0 Å². The molecule has 0 amide bonds. The lowest BCUT2D eigenvalue weighted by atomic mass is 10.0. The third kappa shape index (κ3) is 2.03. The van der Waals surface area contributed by atoms with Crippen molar-refractivity contribution in [3.05, 3.63) is 70.3 Å². The van der Waals surface area contributed by atoms with Crippen molar-refractivity contribution < 1.29 is 9.34 Å². The van der Waals surface area contributed by atoms with Gasteiger partial charge in [0.25, 0.3) is 0 Å². The third-order valence-corrected chi connectivity index (χ3v) is 3.33. The van der Waals surface area contributed by atoms with Crippen LogP contribution in [0.15, 0.2) is 53.1 Å². The zero-order chi connectivity index (χ0) is 14.1.